The summed E-state index contributed by atoms with van der Waals surface area (Å²) < 4.78 is 26.4. The zero-order valence-electron chi connectivity index (χ0n) is 12.4. The molecule has 1 aromatic rings. The van der Waals surface area contributed by atoms with Crippen LogP contribution in [0.1, 0.15) is 5.56 Å². The quantitative estimate of drug-likeness (QED) is 0.837. The summed E-state index contributed by atoms with van der Waals surface area (Å²) >= 11 is 1.53. The fourth-order valence-electron chi connectivity index (χ4n) is 2.58. The second-order valence-corrected chi connectivity index (χ2v) is 8.58. The average Bonchev–Trinajstić information content (AvgIpc) is 2.83. The van der Waals surface area contributed by atoms with Crippen molar-refractivity contribution in [3.63, 3.8) is 0 Å². The van der Waals surface area contributed by atoms with E-state index in [4.69, 9.17) is 0 Å². The predicted molar refractivity (Wildman–Crippen MR) is 86.8 cm³/mol. The molecule has 122 valence electrons. The third-order valence-corrected chi connectivity index (χ3v) is 7.18. The van der Waals surface area contributed by atoms with Crippen molar-refractivity contribution in [3.05, 3.63) is 16.3 Å². The maximum Gasteiger partial charge on any atom is 0.321 e. The van der Waals surface area contributed by atoms with E-state index in [2.05, 4.69) is 10.6 Å². The lowest BCUT2D eigenvalue weighted by molar-refractivity contribution is 0.180. The van der Waals surface area contributed by atoms with Crippen LogP contribution in [0.4, 0.5) is 10.5 Å². The summed E-state index contributed by atoms with van der Waals surface area (Å²) in [6.45, 7) is 4.86. The van der Waals surface area contributed by atoms with Crippen molar-refractivity contribution < 1.29 is 13.2 Å². The number of carbonyl (C=O) groups excluding carboxylic acids is 1. The number of anilines is 1. The Bertz CT molecular complexity index is 646. The molecular weight excluding hydrogens is 324 g/mol. The standard InChI is InChI=1S/C13H20N4O3S2/c1-10-8-21-9-12(10)15-13(18)16-6-11(7-16)22(19,20)17-4-2-14-3-5-17/h8-9,11,14H,2-7H2,1H3,(H,15,18). The van der Waals surface area contributed by atoms with Gasteiger partial charge < -0.3 is 15.5 Å². The molecule has 0 saturated carbocycles. The number of hydrogen-bond acceptors (Lipinski definition) is 5. The number of aryl methyl sites for hydroxylation is 1. The van der Waals surface area contributed by atoms with Crippen LogP contribution in [-0.2, 0) is 10.0 Å². The first kappa shape index (κ1) is 15.7. The van der Waals surface area contributed by atoms with E-state index in [-0.39, 0.29) is 19.1 Å². The minimum atomic E-state index is -3.29. The SMILES string of the molecule is Cc1cscc1NC(=O)N1CC(S(=O)(=O)N2CCNCC2)C1. The van der Waals surface area contributed by atoms with Crippen LogP contribution in [0.15, 0.2) is 10.8 Å². The highest BCUT2D eigenvalue weighted by Gasteiger charge is 2.43. The van der Waals surface area contributed by atoms with E-state index < -0.39 is 15.3 Å². The number of thiophene rings is 1. The molecule has 3 rings (SSSR count). The third kappa shape index (κ3) is 2.98. The molecule has 2 N–H and O–H groups in total. The maximum absolute atomic E-state index is 12.4. The first-order valence-corrected chi connectivity index (χ1v) is 9.71. The van der Waals surface area contributed by atoms with Gasteiger partial charge in [0.2, 0.25) is 10.0 Å². The fourth-order valence-corrected chi connectivity index (χ4v) is 5.21. The Balaban J connectivity index is 1.55. The van der Waals surface area contributed by atoms with Gasteiger partial charge in [-0.15, -0.1) is 11.3 Å². The van der Waals surface area contributed by atoms with Crippen LogP contribution < -0.4 is 10.6 Å². The predicted octanol–water partition coefficient (Wildman–Crippen LogP) is 0.508. The molecule has 0 radical (unpaired) electrons. The van der Waals surface area contributed by atoms with Crippen LogP contribution in [0.2, 0.25) is 0 Å². The van der Waals surface area contributed by atoms with E-state index in [1.165, 1.54) is 15.6 Å². The van der Waals surface area contributed by atoms with E-state index >= 15 is 0 Å². The largest absolute Gasteiger partial charge is 0.322 e. The van der Waals surface area contributed by atoms with Crippen LogP contribution in [0.3, 0.4) is 0 Å². The lowest BCUT2D eigenvalue weighted by Crippen LogP contribution is -2.62. The van der Waals surface area contributed by atoms with Crippen LogP contribution in [-0.4, -0.2) is 68.2 Å². The molecule has 2 saturated heterocycles. The number of likely N-dealkylation sites (tertiary alicyclic amines) is 1. The fraction of sp³-hybridized carbons (Fsp3) is 0.615. The lowest BCUT2D eigenvalue weighted by Gasteiger charge is -2.41. The third-order valence-electron chi connectivity index (χ3n) is 4.09. The van der Waals surface area contributed by atoms with Gasteiger partial charge in [-0.05, 0) is 17.9 Å². The van der Waals surface area contributed by atoms with Gasteiger partial charge in [-0.25, -0.2) is 13.2 Å². The molecular formula is C13H20N4O3S2. The Morgan fingerprint density at radius 2 is 2.00 bits per heavy atom. The summed E-state index contributed by atoms with van der Waals surface area (Å²) in [5.74, 6) is 0. The van der Waals surface area contributed by atoms with Gasteiger partial charge in [0, 0.05) is 44.6 Å². The Morgan fingerprint density at radius 1 is 1.32 bits per heavy atom. The van der Waals surface area contributed by atoms with Crippen molar-refractivity contribution in [2.45, 2.75) is 12.2 Å². The van der Waals surface area contributed by atoms with Crippen LogP contribution in [0.25, 0.3) is 0 Å². The molecule has 3 heterocycles. The number of piperazine rings is 1. The smallest absolute Gasteiger partial charge is 0.321 e. The van der Waals surface area contributed by atoms with Crippen LogP contribution in [0, 0.1) is 6.92 Å². The molecule has 22 heavy (non-hydrogen) atoms. The van der Waals surface area contributed by atoms with Gasteiger partial charge >= 0.3 is 6.03 Å². The van der Waals surface area contributed by atoms with E-state index in [1.54, 1.807) is 4.90 Å². The van der Waals surface area contributed by atoms with Gasteiger partial charge in [0.25, 0.3) is 0 Å². The highest BCUT2D eigenvalue weighted by molar-refractivity contribution is 7.89. The van der Waals surface area contributed by atoms with Crippen molar-refractivity contribution in [1.29, 1.82) is 0 Å². The molecule has 2 aliphatic heterocycles. The van der Waals surface area contributed by atoms with Gasteiger partial charge in [-0.1, -0.05) is 0 Å². The number of sulfonamides is 1. The summed E-state index contributed by atoms with van der Waals surface area (Å²) in [4.78, 5) is 13.6. The molecule has 0 unspecified atom stereocenters. The Hall–Kier alpha value is -1.16. The Morgan fingerprint density at radius 3 is 2.59 bits per heavy atom. The van der Waals surface area contributed by atoms with E-state index in [9.17, 15) is 13.2 Å². The summed E-state index contributed by atoms with van der Waals surface area (Å²) in [7, 11) is -3.29. The molecule has 0 bridgehead atoms. The summed E-state index contributed by atoms with van der Waals surface area (Å²) in [6, 6.07) is -0.228. The van der Waals surface area contributed by atoms with Crippen LogP contribution >= 0.6 is 11.3 Å². The highest BCUT2D eigenvalue weighted by Crippen LogP contribution is 2.24. The van der Waals surface area contributed by atoms with Gasteiger partial charge in [0.1, 0.15) is 5.25 Å². The molecule has 0 spiro atoms. The number of nitrogens with zero attached hydrogens (tertiary/aromatic N) is 2. The summed E-state index contributed by atoms with van der Waals surface area (Å²) in [5, 5.41) is 9.33. The van der Waals surface area contributed by atoms with Crippen LogP contribution in [0.5, 0.6) is 0 Å². The first-order valence-electron chi connectivity index (χ1n) is 7.27. The zero-order valence-corrected chi connectivity index (χ0v) is 14.0. The zero-order chi connectivity index (χ0) is 15.7. The van der Waals surface area contributed by atoms with E-state index in [0.29, 0.717) is 26.2 Å². The van der Waals surface area contributed by atoms with Crippen molar-refractivity contribution in [3.8, 4) is 0 Å². The van der Waals surface area contributed by atoms with Gasteiger partial charge in [-0.2, -0.15) is 4.31 Å². The first-order chi connectivity index (χ1) is 10.5. The number of carbonyl (C=O) groups is 1. The highest BCUT2D eigenvalue weighted by atomic mass is 32.2. The summed E-state index contributed by atoms with van der Waals surface area (Å²) in [6.07, 6.45) is 0. The lowest BCUT2D eigenvalue weighted by atomic mass is 10.2. The maximum atomic E-state index is 12.4. The molecule has 0 atom stereocenters. The molecule has 0 aromatic carbocycles. The van der Waals surface area contributed by atoms with Crippen molar-refractivity contribution in [1.82, 2.24) is 14.5 Å². The topological polar surface area (TPSA) is 81.8 Å². The van der Waals surface area contributed by atoms with Gasteiger partial charge in [0.05, 0.1) is 5.69 Å². The average molecular weight is 344 g/mol. The molecule has 2 amide bonds. The number of urea groups is 1. The molecule has 0 aliphatic carbocycles. The van der Waals surface area contributed by atoms with Crippen molar-refractivity contribution in [2.24, 2.45) is 0 Å². The van der Waals surface area contributed by atoms with E-state index in [1.807, 2.05) is 17.7 Å². The molecule has 2 fully saturated rings. The molecule has 7 nitrogen and oxygen atoms in total. The van der Waals surface area contributed by atoms with Gasteiger partial charge in [0.15, 0.2) is 0 Å². The minimum absolute atomic E-state index is 0.228. The Labute approximate surface area is 134 Å². The molecule has 9 heteroatoms. The summed E-state index contributed by atoms with van der Waals surface area (Å²) in [5.41, 5.74) is 1.81. The Kier molecular flexibility index (Phi) is 4.40. The number of nitrogens with one attached hydrogen (secondary N) is 2. The number of amides is 2. The minimum Gasteiger partial charge on any atom is -0.322 e. The van der Waals surface area contributed by atoms with Crippen molar-refractivity contribution >= 4 is 33.1 Å². The second-order valence-electron chi connectivity index (χ2n) is 5.62. The normalized spacial score (nSPS) is 20.7. The monoisotopic (exact) mass is 344 g/mol. The van der Waals surface area contributed by atoms with E-state index in [0.717, 1.165) is 11.3 Å². The molecule has 2 aliphatic rings. The number of rotatable bonds is 3. The van der Waals surface area contributed by atoms with Gasteiger partial charge in [-0.3, -0.25) is 0 Å². The van der Waals surface area contributed by atoms with Crippen molar-refractivity contribution in [2.75, 3.05) is 44.6 Å². The number of hydrogen-bond donors (Lipinski definition) is 2. The second kappa shape index (κ2) is 6.15. The molecule has 1 aromatic heterocycles.